The molecule has 0 N–H and O–H groups in total. The van der Waals surface area contributed by atoms with Crippen molar-refractivity contribution in [2.45, 2.75) is 46.2 Å². The summed E-state index contributed by atoms with van der Waals surface area (Å²) < 4.78 is 17.1. The van der Waals surface area contributed by atoms with Gasteiger partial charge in [-0.2, -0.15) is 0 Å². The number of halogens is 1. The van der Waals surface area contributed by atoms with Gasteiger partial charge in [0.15, 0.2) is 6.20 Å². The highest BCUT2D eigenvalue weighted by atomic mass is 28.3. The Labute approximate surface area is 177 Å². The van der Waals surface area contributed by atoms with Crippen molar-refractivity contribution in [3.63, 3.8) is 0 Å². The molecule has 29 heavy (non-hydrogen) atoms. The second-order valence-electron chi connectivity index (χ2n) is 10.1. The fourth-order valence-corrected chi connectivity index (χ4v) is 5.98. The van der Waals surface area contributed by atoms with E-state index in [9.17, 15) is 4.39 Å². The molecular weight excluding hydrogens is 389 g/mol. The summed E-state index contributed by atoms with van der Waals surface area (Å²) in [6.45, 7) is 16.0. The lowest BCUT2D eigenvalue weighted by Gasteiger charge is -2.17. The first kappa shape index (κ1) is 21.7. The van der Waals surface area contributed by atoms with Crippen LogP contribution >= 0.6 is 0 Å². The van der Waals surface area contributed by atoms with Gasteiger partial charge in [0.2, 0.25) is 5.69 Å². The van der Waals surface area contributed by atoms with Crippen LogP contribution in [-0.4, -0.2) is 16.1 Å². The minimum atomic E-state index is -1.37. The van der Waals surface area contributed by atoms with Crippen molar-refractivity contribution in [3.8, 4) is 22.4 Å². The highest BCUT2D eigenvalue weighted by Crippen LogP contribution is 2.30. The van der Waals surface area contributed by atoms with Crippen LogP contribution in [0.15, 0.2) is 54.7 Å². The monoisotopic (exact) mass is 422 g/mol. The lowest BCUT2D eigenvalue weighted by Crippen LogP contribution is -2.44. The molecule has 0 saturated heterocycles. The van der Waals surface area contributed by atoms with E-state index in [-0.39, 0.29) is 5.82 Å². The zero-order valence-corrected chi connectivity index (χ0v) is 21.0. The number of nitrogens with zero attached hydrogens (tertiary/aromatic N) is 1. The Morgan fingerprint density at radius 1 is 0.724 bits per heavy atom. The normalized spacial score (nSPS) is 12.3. The van der Waals surface area contributed by atoms with E-state index < -0.39 is 16.1 Å². The number of aromatic nitrogens is 1. The highest BCUT2D eigenvalue weighted by molar-refractivity contribution is 6.89. The van der Waals surface area contributed by atoms with Crippen LogP contribution in [0.5, 0.6) is 0 Å². The molecule has 0 amide bonds. The van der Waals surface area contributed by atoms with Crippen LogP contribution < -0.4 is 14.9 Å². The first-order valence-electron chi connectivity index (χ1n) is 10.3. The fourth-order valence-electron chi connectivity index (χ4n) is 3.65. The fraction of sp³-hybridized carbons (Fsp3) is 0.320. The first-order chi connectivity index (χ1) is 13.4. The van der Waals surface area contributed by atoms with Crippen LogP contribution in [0.2, 0.25) is 39.3 Å². The number of rotatable bonds is 4. The molecule has 0 aliphatic carbocycles. The van der Waals surface area contributed by atoms with E-state index in [0.717, 1.165) is 22.4 Å². The summed E-state index contributed by atoms with van der Waals surface area (Å²) in [6.07, 6.45) is 2.24. The Bertz CT molecular complexity index is 1040. The largest absolute Gasteiger partial charge is 0.212 e. The van der Waals surface area contributed by atoms with E-state index in [0.29, 0.717) is 5.56 Å². The van der Waals surface area contributed by atoms with Gasteiger partial charge in [-0.15, -0.1) is 0 Å². The predicted molar refractivity (Wildman–Crippen MR) is 129 cm³/mol. The Kier molecular flexibility index (Phi) is 5.72. The topological polar surface area (TPSA) is 3.88 Å². The molecule has 2 aromatic carbocycles. The molecule has 4 heteroatoms. The third-order valence-electron chi connectivity index (χ3n) is 5.65. The molecule has 0 aliphatic heterocycles. The maximum absolute atomic E-state index is 14.9. The molecule has 1 aromatic heterocycles. The molecule has 3 rings (SSSR count). The van der Waals surface area contributed by atoms with Gasteiger partial charge in [0.25, 0.3) is 0 Å². The van der Waals surface area contributed by atoms with Crippen LogP contribution in [0, 0.1) is 12.7 Å². The van der Waals surface area contributed by atoms with Crippen molar-refractivity contribution < 1.29 is 8.96 Å². The molecular formula is C25H33FNSi2+. The minimum Gasteiger partial charge on any atom is -0.206 e. The molecule has 0 radical (unpaired) electrons. The SMILES string of the molecule is Cc1cc(F)c(-c2ccc([Si](C)(C)C)cc2)cc1-c1ccc([Si](C)(C)C)c[n+]1C. The third kappa shape index (κ3) is 4.59. The molecule has 0 bridgehead atoms. The van der Waals surface area contributed by atoms with Crippen molar-refractivity contribution in [3.05, 3.63) is 66.1 Å². The first-order valence-corrected chi connectivity index (χ1v) is 17.3. The smallest absolute Gasteiger partial charge is 0.206 e. The van der Waals surface area contributed by atoms with Crippen molar-refractivity contribution in [2.75, 3.05) is 0 Å². The predicted octanol–water partition coefficient (Wildman–Crippen LogP) is 5.38. The third-order valence-corrected chi connectivity index (χ3v) is 9.74. The summed E-state index contributed by atoms with van der Waals surface area (Å²) in [5, 5.41) is 2.81. The molecule has 3 aromatic rings. The lowest BCUT2D eigenvalue weighted by molar-refractivity contribution is -0.659. The summed E-state index contributed by atoms with van der Waals surface area (Å²) in [4.78, 5) is 0. The minimum absolute atomic E-state index is 0.159. The second kappa shape index (κ2) is 7.65. The van der Waals surface area contributed by atoms with E-state index >= 15 is 0 Å². The van der Waals surface area contributed by atoms with Gasteiger partial charge < -0.3 is 0 Å². The molecule has 0 fully saturated rings. The molecule has 0 unspecified atom stereocenters. The van der Waals surface area contributed by atoms with E-state index in [1.165, 1.54) is 10.4 Å². The van der Waals surface area contributed by atoms with Crippen molar-refractivity contribution >= 4 is 26.5 Å². The van der Waals surface area contributed by atoms with Gasteiger partial charge in [0.1, 0.15) is 12.9 Å². The van der Waals surface area contributed by atoms with Crippen molar-refractivity contribution in [1.82, 2.24) is 0 Å². The summed E-state index contributed by atoms with van der Waals surface area (Å²) in [7, 11) is -0.651. The number of hydrogen-bond donors (Lipinski definition) is 0. The molecule has 1 nitrogen and oxygen atoms in total. The molecule has 1 heterocycles. The molecule has 152 valence electrons. The van der Waals surface area contributed by atoms with Gasteiger partial charge in [-0.3, -0.25) is 0 Å². The summed E-state index contributed by atoms with van der Waals surface area (Å²) in [5.41, 5.74) is 4.76. The van der Waals surface area contributed by atoms with Gasteiger partial charge >= 0.3 is 0 Å². The summed E-state index contributed by atoms with van der Waals surface area (Å²) in [5.74, 6) is -0.159. The lowest BCUT2D eigenvalue weighted by atomic mass is 9.97. The molecule has 0 aliphatic rings. The number of aryl methyl sites for hydroxylation is 2. The Hall–Kier alpha value is -2.05. The van der Waals surface area contributed by atoms with Gasteiger partial charge in [-0.25, -0.2) is 8.96 Å². The zero-order valence-electron chi connectivity index (χ0n) is 19.0. The average molecular weight is 423 g/mol. The quantitative estimate of drug-likeness (QED) is 0.392. The Balaban J connectivity index is 2.09. The van der Waals surface area contributed by atoms with Gasteiger partial charge in [0.05, 0.1) is 16.1 Å². The van der Waals surface area contributed by atoms with Crippen LogP contribution in [0.4, 0.5) is 4.39 Å². The van der Waals surface area contributed by atoms with Crippen molar-refractivity contribution in [2.24, 2.45) is 7.05 Å². The van der Waals surface area contributed by atoms with Crippen LogP contribution in [0.3, 0.4) is 0 Å². The van der Waals surface area contributed by atoms with E-state index in [1.807, 2.05) is 13.0 Å². The van der Waals surface area contributed by atoms with Crippen LogP contribution in [-0.2, 0) is 7.05 Å². The second-order valence-corrected chi connectivity index (χ2v) is 20.3. The molecule has 0 spiro atoms. The zero-order chi connectivity index (χ0) is 21.6. The Morgan fingerprint density at radius 2 is 1.28 bits per heavy atom. The number of pyridine rings is 1. The molecule has 0 atom stereocenters. The maximum Gasteiger partial charge on any atom is 0.212 e. The standard InChI is InChI=1S/C25H33FNSi2/c1-18-15-24(26)23(19-9-11-20(12-10-19)28(3,4)5)16-22(18)25-14-13-21(17-27(25)2)29(6,7)8/h9-17H,1-8H3/q+1. The number of benzene rings is 2. The van der Waals surface area contributed by atoms with Gasteiger partial charge in [-0.1, -0.05) is 74.8 Å². The summed E-state index contributed by atoms with van der Waals surface area (Å²) in [6, 6.07) is 16.6. The van der Waals surface area contributed by atoms with E-state index in [2.05, 4.69) is 93.5 Å². The van der Waals surface area contributed by atoms with E-state index in [4.69, 9.17) is 0 Å². The molecule has 0 saturated carbocycles. The van der Waals surface area contributed by atoms with E-state index in [1.54, 1.807) is 6.07 Å². The van der Waals surface area contributed by atoms with Gasteiger partial charge in [0, 0.05) is 22.4 Å². The maximum atomic E-state index is 14.9. The van der Waals surface area contributed by atoms with Gasteiger partial charge in [-0.05, 0) is 30.2 Å². The Morgan fingerprint density at radius 3 is 1.79 bits per heavy atom. The van der Waals surface area contributed by atoms with Crippen molar-refractivity contribution in [1.29, 1.82) is 0 Å². The van der Waals surface area contributed by atoms with Crippen LogP contribution in [0.1, 0.15) is 5.56 Å². The van der Waals surface area contributed by atoms with Crippen LogP contribution in [0.25, 0.3) is 22.4 Å². The highest BCUT2D eigenvalue weighted by Gasteiger charge is 2.23. The average Bonchev–Trinajstić information content (AvgIpc) is 2.61. The summed E-state index contributed by atoms with van der Waals surface area (Å²) >= 11 is 0. The number of hydrogen-bond acceptors (Lipinski definition) is 0.